The van der Waals surface area contributed by atoms with Crippen LogP contribution in [0.1, 0.15) is 22.7 Å². The van der Waals surface area contributed by atoms with Crippen molar-refractivity contribution in [3.63, 3.8) is 0 Å². The number of carbonyl (C=O) groups is 2. The van der Waals surface area contributed by atoms with E-state index >= 15 is 0 Å². The molecule has 1 amide bonds. The van der Waals surface area contributed by atoms with E-state index in [0.717, 1.165) is 28.7 Å². The van der Waals surface area contributed by atoms with Gasteiger partial charge in [0, 0.05) is 18.1 Å². The van der Waals surface area contributed by atoms with Crippen molar-refractivity contribution in [1.29, 1.82) is 0 Å². The number of anilines is 1. The zero-order chi connectivity index (χ0) is 23.3. The van der Waals surface area contributed by atoms with Crippen LogP contribution in [0.25, 0.3) is 5.76 Å². The van der Waals surface area contributed by atoms with Crippen LogP contribution in [-0.4, -0.2) is 28.5 Å². The summed E-state index contributed by atoms with van der Waals surface area (Å²) in [6.07, 6.45) is 0.626. The summed E-state index contributed by atoms with van der Waals surface area (Å²) in [5.74, 6) is -3.68. The molecule has 8 heteroatoms. The summed E-state index contributed by atoms with van der Waals surface area (Å²) < 4.78 is 34.1. The number of Topliss-reactive ketones (excluding diaryl/α,β-unsaturated/α-hetero) is 1. The number of benzene rings is 3. The van der Waals surface area contributed by atoms with Crippen LogP contribution >= 0.6 is 0 Å². The van der Waals surface area contributed by atoms with Crippen molar-refractivity contribution in [2.45, 2.75) is 12.5 Å². The summed E-state index contributed by atoms with van der Waals surface area (Å²) in [5.41, 5.74) is 0.748. The number of hydrogen-bond acceptors (Lipinski definition) is 5. The van der Waals surface area contributed by atoms with Crippen LogP contribution in [0.5, 0.6) is 11.5 Å². The molecule has 33 heavy (non-hydrogen) atoms. The molecule has 1 unspecified atom stereocenters. The van der Waals surface area contributed by atoms with Crippen molar-refractivity contribution < 1.29 is 33.3 Å². The minimum atomic E-state index is -1.24. The molecule has 1 saturated heterocycles. The summed E-state index contributed by atoms with van der Waals surface area (Å²) >= 11 is 0. The maximum absolute atomic E-state index is 14.7. The smallest absolute Gasteiger partial charge is 0.300 e. The third-order valence-electron chi connectivity index (χ3n) is 5.78. The molecule has 0 aliphatic carbocycles. The Kier molecular flexibility index (Phi) is 4.85. The summed E-state index contributed by atoms with van der Waals surface area (Å²) in [6, 6.07) is 11.8. The lowest BCUT2D eigenvalue weighted by molar-refractivity contribution is -0.132. The minimum absolute atomic E-state index is 0.0636. The van der Waals surface area contributed by atoms with Crippen LogP contribution in [0, 0.1) is 11.6 Å². The number of phenols is 1. The lowest BCUT2D eigenvalue weighted by atomic mass is 9.94. The highest BCUT2D eigenvalue weighted by Gasteiger charge is 2.47. The number of carbonyl (C=O) groups excluding carboxylic acids is 2. The van der Waals surface area contributed by atoms with Crippen LogP contribution in [-0.2, 0) is 16.0 Å². The first-order valence-corrected chi connectivity index (χ1v) is 10.2. The van der Waals surface area contributed by atoms with Crippen LogP contribution in [0.3, 0.4) is 0 Å². The van der Waals surface area contributed by atoms with E-state index in [9.17, 15) is 28.6 Å². The second kappa shape index (κ2) is 7.74. The molecular weight excluding hydrogens is 432 g/mol. The molecule has 2 aliphatic rings. The molecule has 1 fully saturated rings. The zero-order valence-corrected chi connectivity index (χ0v) is 17.1. The average molecular weight is 449 g/mol. The van der Waals surface area contributed by atoms with Gasteiger partial charge >= 0.3 is 0 Å². The maximum atomic E-state index is 14.7. The fourth-order valence-corrected chi connectivity index (χ4v) is 4.21. The summed E-state index contributed by atoms with van der Waals surface area (Å²) in [4.78, 5) is 26.9. The third kappa shape index (κ3) is 3.40. The predicted octanol–water partition coefficient (Wildman–Crippen LogP) is 4.23. The second-order valence-electron chi connectivity index (χ2n) is 7.78. The number of fused-ring (bicyclic) bond motifs is 1. The molecule has 0 radical (unpaired) electrons. The monoisotopic (exact) mass is 449 g/mol. The van der Waals surface area contributed by atoms with Gasteiger partial charge in [0.05, 0.1) is 23.9 Å². The van der Waals surface area contributed by atoms with E-state index in [1.807, 2.05) is 0 Å². The van der Waals surface area contributed by atoms with Crippen LogP contribution < -0.4 is 9.64 Å². The number of aliphatic hydroxyl groups is 1. The van der Waals surface area contributed by atoms with Crippen LogP contribution in [0.4, 0.5) is 14.5 Å². The number of aliphatic hydroxyl groups excluding tert-OH is 1. The summed E-state index contributed by atoms with van der Waals surface area (Å²) in [6.45, 7) is 0.496. The van der Waals surface area contributed by atoms with Crippen LogP contribution in [0.2, 0.25) is 0 Å². The molecule has 2 heterocycles. The molecule has 5 rings (SSSR count). The molecule has 3 aromatic carbocycles. The number of hydrogen-bond donors (Lipinski definition) is 2. The van der Waals surface area contributed by atoms with Crippen molar-refractivity contribution in [2.75, 3.05) is 11.5 Å². The highest BCUT2D eigenvalue weighted by molar-refractivity contribution is 6.51. The number of halogens is 2. The van der Waals surface area contributed by atoms with E-state index in [1.165, 1.54) is 24.3 Å². The number of ether oxygens (including phenoxy) is 1. The van der Waals surface area contributed by atoms with Gasteiger partial charge in [0.15, 0.2) is 0 Å². The molecule has 2 N–H and O–H groups in total. The number of rotatable bonds is 3. The van der Waals surface area contributed by atoms with Gasteiger partial charge in [-0.05, 0) is 53.6 Å². The third-order valence-corrected chi connectivity index (χ3v) is 5.78. The molecular formula is C25H17F2NO5. The Morgan fingerprint density at radius 3 is 2.52 bits per heavy atom. The highest BCUT2D eigenvalue weighted by atomic mass is 19.1. The van der Waals surface area contributed by atoms with E-state index in [0.29, 0.717) is 29.9 Å². The molecule has 3 aromatic rings. The number of ketones is 1. The molecule has 0 bridgehead atoms. The second-order valence-corrected chi connectivity index (χ2v) is 7.78. The lowest BCUT2D eigenvalue weighted by Crippen LogP contribution is -2.30. The first-order valence-electron chi connectivity index (χ1n) is 10.2. The van der Waals surface area contributed by atoms with E-state index in [1.54, 1.807) is 18.2 Å². The highest BCUT2D eigenvalue weighted by Crippen LogP contribution is 2.43. The Morgan fingerprint density at radius 2 is 1.76 bits per heavy atom. The number of aromatic hydroxyl groups is 1. The molecule has 0 saturated carbocycles. The summed E-state index contributed by atoms with van der Waals surface area (Å²) in [7, 11) is 0. The van der Waals surface area contributed by atoms with Crippen molar-refractivity contribution in [3.05, 3.63) is 94.6 Å². The molecule has 2 aliphatic heterocycles. The van der Waals surface area contributed by atoms with E-state index in [4.69, 9.17) is 4.74 Å². The number of nitrogens with zero attached hydrogens (tertiary/aromatic N) is 1. The maximum Gasteiger partial charge on any atom is 0.300 e. The van der Waals surface area contributed by atoms with E-state index in [-0.39, 0.29) is 11.3 Å². The van der Waals surface area contributed by atoms with Crippen molar-refractivity contribution in [3.8, 4) is 11.5 Å². The van der Waals surface area contributed by atoms with E-state index in [2.05, 4.69) is 0 Å². The van der Waals surface area contributed by atoms with Gasteiger partial charge in [0.25, 0.3) is 11.7 Å². The zero-order valence-electron chi connectivity index (χ0n) is 17.1. The number of phenolic OH excluding ortho intramolecular Hbond substituents is 1. The Bertz CT molecular complexity index is 1330. The van der Waals surface area contributed by atoms with Crippen molar-refractivity contribution in [1.82, 2.24) is 0 Å². The van der Waals surface area contributed by atoms with Gasteiger partial charge in [-0.15, -0.1) is 0 Å². The standard InChI is InChI=1S/C25H17F2NO5/c26-16-4-7-18(27)19(12-16)28-22(13-1-5-17(29)6-2-13)21(24(31)25(28)32)23(30)15-3-8-20-14(11-15)9-10-33-20/h1-8,11-12,22,29-30H,9-10H2/b23-21-. The van der Waals surface area contributed by atoms with Gasteiger partial charge in [-0.2, -0.15) is 0 Å². The van der Waals surface area contributed by atoms with Crippen molar-refractivity contribution >= 4 is 23.1 Å². The first kappa shape index (κ1) is 20.7. The summed E-state index contributed by atoms with van der Waals surface area (Å²) in [5, 5.41) is 20.8. The van der Waals surface area contributed by atoms with Gasteiger partial charge in [-0.25, -0.2) is 8.78 Å². The van der Waals surface area contributed by atoms with E-state index < -0.39 is 40.8 Å². The predicted molar refractivity (Wildman–Crippen MR) is 115 cm³/mol. The fourth-order valence-electron chi connectivity index (χ4n) is 4.21. The Labute approximate surface area is 187 Å². The average Bonchev–Trinajstić information content (AvgIpc) is 3.38. The van der Waals surface area contributed by atoms with Gasteiger partial charge in [-0.1, -0.05) is 12.1 Å². The molecule has 0 aromatic heterocycles. The SMILES string of the molecule is O=C1C(=O)N(c2cc(F)ccc2F)C(c2ccc(O)cc2)/C1=C(/O)c1ccc2c(c1)CCO2. The normalized spacial score (nSPS) is 19.0. The van der Waals surface area contributed by atoms with Gasteiger partial charge in [0.2, 0.25) is 0 Å². The molecule has 0 spiro atoms. The molecule has 6 nitrogen and oxygen atoms in total. The van der Waals surface area contributed by atoms with Gasteiger partial charge < -0.3 is 14.9 Å². The number of amides is 1. The Balaban J connectivity index is 1.73. The largest absolute Gasteiger partial charge is 0.508 e. The quantitative estimate of drug-likeness (QED) is 0.355. The molecule has 1 atom stereocenters. The van der Waals surface area contributed by atoms with Crippen molar-refractivity contribution in [2.24, 2.45) is 0 Å². The Hall–Kier alpha value is -4.20. The van der Waals surface area contributed by atoms with Crippen LogP contribution in [0.15, 0.2) is 66.2 Å². The topological polar surface area (TPSA) is 87.1 Å². The lowest BCUT2D eigenvalue weighted by Gasteiger charge is -2.26. The minimum Gasteiger partial charge on any atom is -0.508 e. The Morgan fingerprint density at radius 1 is 1.00 bits per heavy atom. The fraction of sp³-hybridized carbons (Fsp3) is 0.120. The van der Waals surface area contributed by atoms with Gasteiger partial charge in [0.1, 0.15) is 28.9 Å². The van der Waals surface area contributed by atoms with Gasteiger partial charge in [-0.3, -0.25) is 14.5 Å². The molecule has 166 valence electrons. The first-order chi connectivity index (χ1) is 15.8.